The van der Waals surface area contributed by atoms with Crippen LogP contribution in [0, 0.1) is 0 Å². The maximum absolute atomic E-state index is 12.3. The molecule has 1 atom stereocenters. The monoisotopic (exact) mass is 310 g/mol. The number of anilines is 1. The van der Waals surface area contributed by atoms with Gasteiger partial charge in [0, 0.05) is 18.2 Å². The number of nitrogens with two attached hydrogens (primary N) is 1. The molecule has 0 heterocycles. The average Bonchev–Trinajstić information content (AvgIpc) is 2.26. The largest absolute Gasteiger partial charge is 0.501 e. The van der Waals surface area contributed by atoms with E-state index in [4.69, 9.17) is 5.73 Å². The molecule has 0 saturated carbocycles. The highest BCUT2D eigenvalue weighted by atomic mass is 32.2. The van der Waals surface area contributed by atoms with Crippen molar-refractivity contribution < 1.29 is 26.4 Å². The molecular weight excluding hydrogens is 297 g/mol. The third-order valence-corrected chi connectivity index (χ3v) is 3.89. The first-order chi connectivity index (χ1) is 9.04. The van der Waals surface area contributed by atoms with E-state index in [1.807, 2.05) is 0 Å². The van der Waals surface area contributed by atoms with Crippen LogP contribution in [-0.4, -0.2) is 25.9 Å². The summed E-state index contributed by atoms with van der Waals surface area (Å²) in [5.41, 5.74) is 0.0495. The minimum absolute atomic E-state index is 0.0442. The fraction of sp³-hybridized carbons (Fsp3) is 0.364. The standard InChI is InChI=1S/C11H13F3N2O3S/c1-7(6-10(15)17)16-8-2-4-9(5-3-8)20(18,19)11(12,13)14/h2-5,7,16H,6H2,1H3,(H2,15,17). The number of carbonyl (C=O) groups is 1. The number of alkyl halides is 3. The number of primary amides is 1. The van der Waals surface area contributed by atoms with Gasteiger partial charge in [0.25, 0.3) is 9.84 Å². The molecule has 0 saturated heterocycles. The summed E-state index contributed by atoms with van der Waals surface area (Å²) in [5, 5.41) is 2.81. The van der Waals surface area contributed by atoms with Crippen LogP contribution in [0.4, 0.5) is 18.9 Å². The molecule has 5 nitrogen and oxygen atoms in total. The predicted octanol–water partition coefficient (Wildman–Crippen LogP) is 1.66. The highest BCUT2D eigenvalue weighted by Crippen LogP contribution is 2.30. The number of sulfone groups is 1. The van der Waals surface area contributed by atoms with Gasteiger partial charge in [-0.2, -0.15) is 13.2 Å². The Morgan fingerprint density at radius 1 is 1.30 bits per heavy atom. The molecule has 9 heteroatoms. The lowest BCUT2D eigenvalue weighted by Crippen LogP contribution is -2.24. The van der Waals surface area contributed by atoms with Crippen molar-refractivity contribution in [3.63, 3.8) is 0 Å². The molecule has 0 aliphatic heterocycles. The van der Waals surface area contributed by atoms with Crippen molar-refractivity contribution in [1.29, 1.82) is 0 Å². The van der Waals surface area contributed by atoms with E-state index in [1.54, 1.807) is 6.92 Å². The topological polar surface area (TPSA) is 89.3 Å². The zero-order valence-electron chi connectivity index (χ0n) is 10.4. The Balaban J connectivity index is 2.88. The van der Waals surface area contributed by atoms with Gasteiger partial charge in [-0.15, -0.1) is 0 Å². The smallest absolute Gasteiger partial charge is 0.382 e. The molecule has 112 valence electrons. The molecule has 0 aromatic heterocycles. The van der Waals surface area contributed by atoms with Crippen LogP contribution in [0.2, 0.25) is 0 Å². The Morgan fingerprint density at radius 3 is 2.20 bits per heavy atom. The summed E-state index contributed by atoms with van der Waals surface area (Å²) >= 11 is 0. The van der Waals surface area contributed by atoms with Crippen molar-refractivity contribution in [1.82, 2.24) is 0 Å². The van der Waals surface area contributed by atoms with Gasteiger partial charge in [0.2, 0.25) is 5.91 Å². The molecule has 1 amide bonds. The van der Waals surface area contributed by atoms with Crippen molar-refractivity contribution >= 4 is 21.4 Å². The van der Waals surface area contributed by atoms with Gasteiger partial charge >= 0.3 is 5.51 Å². The van der Waals surface area contributed by atoms with E-state index in [2.05, 4.69) is 5.32 Å². The summed E-state index contributed by atoms with van der Waals surface area (Å²) in [7, 11) is -5.34. The van der Waals surface area contributed by atoms with E-state index < -0.39 is 26.1 Å². The predicted molar refractivity (Wildman–Crippen MR) is 66.6 cm³/mol. The molecule has 3 N–H and O–H groups in total. The lowest BCUT2D eigenvalue weighted by atomic mass is 10.2. The Labute approximate surface area is 113 Å². The highest BCUT2D eigenvalue weighted by molar-refractivity contribution is 7.92. The van der Waals surface area contributed by atoms with Crippen molar-refractivity contribution in [3.8, 4) is 0 Å². The number of benzene rings is 1. The lowest BCUT2D eigenvalue weighted by Gasteiger charge is -2.14. The van der Waals surface area contributed by atoms with Crippen LogP contribution in [0.25, 0.3) is 0 Å². The van der Waals surface area contributed by atoms with Crippen molar-refractivity contribution in [3.05, 3.63) is 24.3 Å². The van der Waals surface area contributed by atoms with Gasteiger partial charge in [-0.3, -0.25) is 4.79 Å². The third kappa shape index (κ3) is 3.86. The number of carbonyl (C=O) groups excluding carboxylic acids is 1. The van der Waals surface area contributed by atoms with Gasteiger partial charge in [0.1, 0.15) is 0 Å². The van der Waals surface area contributed by atoms with Gasteiger partial charge in [-0.05, 0) is 31.2 Å². The van der Waals surface area contributed by atoms with Gasteiger partial charge < -0.3 is 11.1 Å². The molecule has 0 bridgehead atoms. The zero-order chi connectivity index (χ0) is 15.6. The first kappa shape index (κ1) is 16.3. The van der Waals surface area contributed by atoms with Crippen LogP contribution in [-0.2, 0) is 14.6 Å². The first-order valence-electron chi connectivity index (χ1n) is 5.50. The normalized spacial score (nSPS) is 13.8. The SMILES string of the molecule is CC(CC(N)=O)Nc1ccc(S(=O)(=O)C(F)(F)F)cc1. The number of amides is 1. The fourth-order valence-electron chi connectivity index (χ4n) is 1.50. The Kier molecular flexibility index (Phi) is 4.64. The number of nitrogens with one attached hydrogen (secondary N) is 1. The molecule has 0 aliphatic rings. The highest BCUT2D eigenvalue weighted by Gasteiger charge is 2.46. The molecule has 20 heavy (non-hydrogen) atoms. The molecule has 1 aromatic carbocycles. The molecule has 0 radical (unpaired) electrons. The van der Waals surface area contributed by atoms with Gasteiger partial charge in [0.05, 0.1) is 4.90 Å². The molecule has 1 rings (SSSR count). The zero-order valence-corrected chi connectivity index (χ0v) is 11.3. The minimum atomic E-state index is -5.34. The van der Waals surface area contributed by atoms with Crippen LogP contribution in [0.15, 0.2) is 29.2 Å². The van der Waals surface area contributed by atoms with Crippen LogP contribution >= 0.6 is 0 Å². The van der Waals surface area contributed by atoms with Gasteiger partial charge in [-0.1, -0.05) is 0 Å². The molecule has 0 fully saturated rings. The van der Waals surface area contributed by atoms with Gasteiger partial charge in [0.15, 0.2) is 0 Å². The molecule has 1 unspecified atom stereocenters. The second-order valence-corrected chi connectivity index (χ2v) is 6.13. The van der Waals surface area contributed by atoms with Crippen LogP contribution < -0.4 is 11.1 Å². The van der Waals surface area contributed by atoms with E-state index in [1.165, 1.54) is 12.1 Å². The van der Waals surface area contributed by atoms with E-state index in [0.29, 0.717) is 5.69 Å². The maximum atomic E-state index is 12.3. The van der Waals surface area contributed by atoms with Crippen molar-refractivity contribution in [2.45, 2.75) is 29.8 Å². The summed E-state index contributed by atoms with van der Waals surface area (Å²) in [6.45, 7) is 1.66. The Hall–Kier alpha value is -1.77. The minimum Gasteiger partial charge on any atom is -0.382 e. The van der Waals surface area contributed by atoms with E-state index >= 15 is 0 Å². The molecule has 0 aliphatic carbocycles. The Bertz CT molecular complexity index is 582. The summed E-state index contributed by atoms with van der Waals surface area (Å²) in [6, 6.07) is 3.76. The second kappa shape index (κ2) is 5.70. The first-order valence-corrected chi connectivity index (χ1v) is 6.98. The van der Waals surface area contributed by atoms with E-state index in [9.17, 15) is 26.4 Å². The number of hydrogen-bond donors (Lipinski definition) is 2. The van der Waals surface area contributed by atoms with Crippen LogP contribution in [0.5, 0.6) is 0 Å². The fourth-order valence-corrected chi connectivity index (χ4v) is 2.26. The molecule has 1 aromatic rings. The third-order valence-electron chi connectivity index (χ3n) is 2.39. The quantitative estimate of drug-likeness (QED) is 0.865. The van der Waals surface area contributed by atoms with Crippen LogP contribution in [0.3, 0.4) is 0 Å². The summed E-state index contributed by atoms with van der Waals surface area (Å²) < 4.78 is 59.2. The number of hydrogen-bond acceptors (Lipinski definition) is 4. The lowest BCUT2D eigenvalue weighted by molar-refractivity contribution is -0.118. The average molecular weight is 310 g/mol. The maximum Gasteiger partial charge on any atom is 0.501 e. The van der Waals surface area contributed by atoms with E-state index in [-0.39, 0.29) is 12.5 Å². The van der Waals surface area contributed by atoms with Gasteiger partial charge in [-0.25, -0.2) is 8.42 Å². The summed E-state index contributed by atoms with van der Waals surface area (Å²) in [4.78, 5) is 9.84. The van der Waals surface area contributed by atoms with Crippen LogP contribution in [0.1, 0.15) is 13.3 Å². The number of rotatable bonds is 5. The Morgan fingerprint density at radius 2 is 1.80 bits per heavy atom. The second-order valence-electron chi connectivity index (χ2n) is 4.19. The van der Waals surface area contributed by atoms with Crippen molar-refractivity contribution in [2.75, 3.05) is 5.32 Å². The molecule has 0 spiro atoms. The number of halogens is 3. The summed E-state index contributed by atoms with van der Waals surface area (Å²) in [5.74, 6) is -0.527. The molecular formula is C11H13F3N2O3S. The van der Waals surface area contributed by atoms with Crippen molar-refractivity contribution in [2.24, 2.45) is 5.73 Å². The summed E-state index contributed by atoms with van der Waals surface area (Å²) in [6.07, 6.45) is 0.0442. The van der Waals surface area contributed by atoms with E-state index in [0.717, 1.165) is 12.1 Å².